The lowest BCUT2D eigenvalue weighted by Crippen LogP contribution is -2.37. The molecule has 1 aliphatic rings. The van der Waals surface area contributed by atoms with Crippen molar-refractivity contribution in [3.05, 3.63) is 11.7 Å². The van der Waals surface area contributed by atoms with Crippen molar-refractivity contribution in [2.24, 2.45) is 5.73 Å². The van der Waals surface area contributed by atoms with E-state index >= 15 is 0 Å². The van der Waals surface area contributed by atoms with E-state index in [1.807, 2.05) is 0 Å². The van der Waals surface area contributed by atoms with Crippen LogP contribution >= 0.6 is 0 Å². The van der Waals surface area contributed by atoms with E-state index in [1.165, 1.54) is 25.8 Å². The molecule has 0 amide bonds. The van der Waals surface area contributed by atoms with Crippen molar-refractivity contribution < 1.29 is 4.52 Å². The molecule has 17 heavy (non-hydrogen) atoms. The topological polar surface area (TPSA) is 68.2 Å². The summed E-state index contributed by atoms with van der Waals surface area (Å²) < 4.78 is 5.28. The van der Waals surface area contributed by atoms with E-state index < -0.39 is 0 Å². The van der Waals surface area contributed by atoms with Crippen molar-refractivity contribution in [2.45, 2.75) is 44.6 Å². The van der Waals surface area contributed by atoms with Crippen molar-refractivity contribution in [2.75, 3.05) is 20.1 Å². The van der Waals surface area contributed by atoms with Crippen LogP contribution in [-0.2, 0) is 12.8 Å². The Morgan fingerprint density at radius 2 is 2.35 bits per heavy atom. The van der Waals surface area contributed by atoms with Gasteiger partial charge in [-0.3, -0.25) is 0 Å². The van der Waals surface area contributed by atoms with Gasteiger partial charge in [0.25, 0.3) is 0 Å². The highest BCUT2D eigenvalue weighted by Gasteiger charge is 2.21. The highest BCUT2D eigenvalue weighted by atomic mass is 16.5. The first-order chi connectivity index (χ1) is 8.29. The number of likely N-dealkylation sites (N-methyl/N-ethyl adjacent to an activating group) is 1. The van der Waals surface area contributed by atoms with Crippen LogP contribution in [-0.4, -0.2) is 41.2 Å². The first-order valence-electron chi connectivity index (χ1n) is 6.51. The predicted molar refractivity (Wildman–Crippen MR) is 65.6 cm³/mol. The molecule has 0 aromatic carbocycles. The molecule has 5 heteroatoms. The van der Waals surface area contributed by atoms with Crippen molar-refractivity contribution >= 4 is 0 Å². The number of nitrogens with zero attached hydrogens (tertiary/aromatic N) is 3. The van der Waals surface area contributed by atoms with Crippen LogP contribution in [0, 0.1) is 0 Å². The molecule has 2 N–H and O–H groups in total. The molecule has 0 saturated carbocycles. The average Bonchev–Trinajstić information content (AvgIpc) is 2.77. The zero-order valence-corrected chi connectivity index (χ0v) is 10.6. The predicted octanol–water partition coefficient (Wildman–Crippen LogP) is 0.988. The van der Waals surface area contributed by atoms with E-state index in [9.17, 15) is 0 Å². The molecule has 1 aromatic heterocycles. The molecule has 1 aliphatic heterocycles. The summed E-state index contributed by atoms with van der Waals surface area (Å²) in [6, 6.07) is 0.562. The largest absolute Gasteiger partial charge is 0.339 e. The molecule has 1 saturated heterocycles. The van der Waals surface area contributed by atoms with E-state index in [1.54, 1.807) is 0 Å². The van der Waals surface area contributed by atoms with E-state index in [2.05, 4.69) is 22.1 Å². The van der Waals surface area contributed by atoms with Gasteiger partial charge < -0.3 is 15.2 Å². The van der Waals surface area contributed by atoms with Crippen LogP contribution in [0.1, 0.15) is 37.4 Å². The third-order valence-corrected chi connectivity index (χ3v) is 3.45. The lowest BCUT2D eigenvalue weighted by Gasteiger charge is -2.31. The second kappa shape index (κ2) is 6.12. The van der Waals surface area contributed by atoms with Gasteiger partial charge >= 0.3 is 0 Å². The maximum atomic E-state index is 5.46. The Labute approximate surface area is 102 Å². The van der Waals surface area contributed by atoms with Crippen LogP contribution < -0.4 is 5.73 Å². The van der Waals surface area contributed by atoms with Gasteiger partial charge in [0, 0.05) is 18.9 Å². The fourth-order valence-electron chi connectivity index (χ4n) is 2.34. The number of rotatable bonds is 5. The summed E-state index contributed by atoms with van der Waals surface area (Å²) in [7, 11) is 2.18. The molecule has 0 aliphatic carbocycles. The molecule has 1 fully saturated rings. The number of piperidine rings is 1. The summed E-state index contributed by atoms with van der Waals surface area (Å²) in [5.74, 6) is 1.57. The third kappa shape index (κ3) is 3.51. The fourth-order valence-corrected chi connectivity index (χ4v) is 2.34. The molecule has 1 unspecified atom stereocenters. The van der Waals surface area contributed by atoms with Gasteiger partial charge in [-0.25, -0.2) is 0 Å². The summed E-state index contributed by atoms with van der Waals surface area (Å²) in [5.41, 5.74) is 5.46. The van der Waals surface area contributed by atoms with Gasteiger partial charge in [-0.05, 0) is 39.4 Å². The Hall–Kier alpha value is -0.940. The average molecular weight is 238 g/mol. The minimum absolute atomic E-state index is 0.562. The Kier molecular flexibility index (Phi) is 4.50. The van der Waals surface area contributed by atoms with Crippen LogP contribution in [0.4, 0.5) is 0 Å². The van der Waals surface area contributed by atoms with Gasteiger partial charge in [0.15, 0.2) is 5.82 Å². The van der Waals surface area contributed by atoms with E-state index in [0.717, 1.165) is 31.0 Å². The Morgan fingerprint density at radius 1 is 1.47 bits per heavy atom. The third-order valence-electron chi connectivity index (χ3n) is 3.45. The van der Waals surface area contributed by atoms with Gasteiger partial charge in [-0.1, -0.05) is 11.6 Å². The molecule has 0 radical (unpaired) electrons. The minimum Gasteiger partial charge on any atom is -0.339 e. The SMILES string of the molecule is CN1CCCCC1Cc1nc(CCCN)no1. The van der Waals surface area contributed by atoms with Crippen LogP contribution in [0.15, 0.2) is 4.52 Å². The molecule has 1 aromatic rings. The number of aromatic nitrogens is 2. The summed E-state index contributed by atoms with van der Waals surface area (Å²) >= 11 is 0. The molecular formula is C12H22N4O. The summed E-state index contributed by atoms with van der Waals surface area (Å²) in [5, 5.41) is 3.98. The molecule has 5 nitrogen and oxygen atoms in total. The molecular weight excluding hydrogens is 216 g/mol. The highest BCUT2D eigenvalue weighted by molar-refractivity contribution is 4.91. The Balaban J connectivity index is 1.87. The molecule has 96 valence electrons. The van der Waals surface area contributed by atoms with Crippen molar-refractivity contribution in [1.82, 2.24) is 15.0 Å². The van der Waals surface area contributed by atoms with Gasteiger partial charge in [0.05, 0.1) is 0 Å². The first-order valence-corrected chi connectivity index (χ1v) is 6.51. The lowest BCUT2D eigenvalue weighted by molar-refractivity contribution is 0.173. The van der Waals surface area contributed by atoms with Crippen LogP contribution in [0.5, 0.6) is 0 Å². The second-order valence-electron chi connectivity index (χ2n) is 4.83. The van der Waals surface area contributed by atoms with Crippen molar-refractivity contribution in [1.29, 1.82) is 0 Å². The number of hydrogen-bond donors (Lipinski definition) is 1. The number of likely N-dealkylation sites (tertiary alicyclic amines) is 1. The van der Waals surface area contributed by atoms with E-state index in [0.29, 0.717) is 12.6 Å². The Bertz CT molecular complexity index is 339. The van der Waals surface area contributed by atoms with E-state index in [-0.39, 0.29) is 0 Å². The second-order valence-corrected chi connectivity index (χ2v) is 4.83. The standard InChI is InChI=1S/C12H22N4O/c1-16-8-3-2-5-10(16)9-12-14-11(15-17-12)6-4-7-13/h10H,2-9,13H2,1H3. The lowest BCUT2D eigenvalue weighted by atomic mass is 10.0. The minimum atomic E-state index is 0.562. The van der Waals surface area contributed by atoms with Gasteiger partial charge in [-0.2, -0.15) is 4.98 Å². The van der Waals surface area contributed by atoms with Crippen LogP contribution in [0.2, 0.25) is 0 Å². The van der Waals surface area contributed by atoms with Crippen molar-refractivity contribution in [3.63, 3.8) is 0 Å². The fraction of sp³-hybridized carbons (Fsp3) is 0.833. The zero-order valence-electron chi connectivity index (χ0n) is 10.6. The van der Waals surface area contributed by atoms with Crippen LogP contribution in [0.3, 0.4) is 0 Å². The molecule has 2 heterocycles. The summed E-state index contributed by atoms with van der Waals surface area (Å²) in [6.07, 6.45) is 6.47. The summed E-state index contributed by atoms with van der Waals surface area (Å²) in [6.45, 7) is 1.86. The number of hydrogen-bond acceptors (Lipinski definition) is 5. The Morgan fingerprint density at radius 3 is 3.12 bits per heavy atom. The molecule has 2 rings (SSSR count). The monoisotopic (exact) mass is 238 g/mol. The number of aryl methyl sites for hydroxylation is 1. The maximum absolute atomic E-state index is 5.46. The quantitative estimate of drug-likeness (QED) is 0.828. The molecule has 1 atom stereocenters. The van der Waals surface area contributed by atoms with E-state index in [4.69, 9.17) is 10.3 Å². The van der Waals surface area contributed by atoms with Gasteiger partial charge in [-0.15, -0.1) is 0 Å². The van der Waals surface area contributed by atoms with Crippen molar-refractivity contribution in [3.8, 4) is 0 Å². The zero-order chi connectivity index (χ0) is 12.1. The van der Waals surface area contributed by atoms with Gasteiger partial charge in [0.2, 0.25) is 5.89 Å². The molecule has 0 spiro atoms. The maximum Gasteiger partial charge on any atom is 0.228 e. The number of nitrogens with two attached hydrogens (primary N) is 1. The van der Waals surface area contributed by atoms with Crippen LogP contribution in [0.25, 0.3) is 0 Å². The van der Waals surface area contributed by atoms with Gasteiger partial charge in [0.1, 0.15) is 0 Å². The normalized spacial score (nSPS) is 21.9. The first kappa shape index (κ1) is 12.5. The smallest absolute Gasteiger partial charge is 0.228 e. The summed E-state index contributed by atoms with van der Waals surface area (Å²) in [4.78, 5) is 6.81. The molecule has 0 bridgehead atoms. The highest BCUT2D eigenvalue weighted by Crippen LogP contribution is 2.18.